The van der Waals surface area contributed by atoms with Crippen molar-refractivity contribution < 1.29 is 19.1 Å². The van der Waals surface area contributed by atoms with Crippen LogP contribution in [-0.2, 0) is 9.47 Å². The fourth-order valence-electron chi connectivity index (χ4n) is 1.52. The Kier molecular flexibility index (Phi) is 12.9. The summed E-state index contributed by atoms with van der Waals surface area (Å²) in [6, 6.07) is 0. The molecule has 0 aliphatic heterocycles. The predicted molar refractivity (Wildman–Crippen MR) is 75.8 cm³/mol. The van der Waals surface area contributed by atoms with E-state index in [1.165, 1.54) is 12.8 Å². The highest BCUT2D eigenvalue weighted by atomic mass is 16.6. The molecule has 0 N–H and O–H groups in total. The van der Waals surface area contributed by atoms with Gasteiger partial charge in [0.1, 0.15) is 0 Å². The fraction of sp³-hybridized carbons (Fsp3) is 0.857. The van der Waals surface area contributed by atoms with Gasteiger partial charge in [-0.1, -0.05) is 62.6 Å². The molecule has 0 unspecified atom stereocenters. The van der Waals surface area contributed by atoms with Gasteiger partial charge in [0.15, 0.2) is 0 Å². The molecule has 0 saturated carbocycles. The van der Waals surface area contributed by atoms with Crippen molar-refractivity contribution in [3.8, 4) is 0 Å². The largest absolute Gasteiger partial charge is 0.452 e. The van der Waals surface area contributed by atoms with Gasteiger partial charge in [0.2, 0.25) is 0 Å². The Hall–Kier alpha value is -1.46. The van der Waals surface area contributed by atoms with Gasteiger partial charge in [-0.3, -0.25) is 0 Å². The van der Waals surface area contributed by atoms with Crippen LogP contribution in [0.15, 0.2) is 10.2 Å². The maximum Gasteiger partial charge on any atom is 0.452 e. The number of azo groups is 1. The van der Waals surface area contributed by atoms with Crippen molar-refractivity contribution in [3.63, 3.8) is 0 Å². The molecule has 0 aromatic rings. The smallest absolute Gasteiger partial charge is 0.447 e. The summed E-state index contributed by atoms with van der Waals surface area (Å²) in [5.41, 5.74) is 0. The van der Waals surface area contributed by atoms with E-state index in [1.807, 2.05) is 0 Å². The van der Waals surface area contributed by atoms with Crippen molar-refractivity contribution in [2.75, 3.05) is 13.2 Å². The third-order valence-corrected chi connectivity index (χ3v) is 2.66. The number of nitrogens with zero attached hydrogens (tertiary/aromatic N) is 2. The number of hydrogen-bond donors (Lipinski definition) is 0. The van der Waals surface area contributed by atoms with Gasteiger partial charge >= 0.3 is 12.2 Å². The monoisotopic (exact) mass is 286 g/mol. The SMILES string of the molecule is CCCCCCCOC(=O)N=NC(=O)OCCCCC. The summed E-state index contributed by atoms with van der Waals surface area (Å²) in [5, 5.41) is 6.29. The standard InChI is InChI=1S/C14H26N2O4/c1-3-5-7-8-10-12-20-14(18)16-15-13(17)19-11-9-6-4-2/h3-12H2,1-2H3. The minimum Gasteiger partial charge on any atom is -0.447 e. The maximum absolute atomic E-state index is 11.1. The molecule has 0 rings (SSSR count). The molecule has 0 saturated heterocycles. The lowest BCUT2D eigenvalue weighted by Crippen LogP contribution is -2.03. The van der Waals surface area contributed by atoms with E-state index >= 15 is 0 Å². The summed E-state index contributed by atoms with van der Waals surface area (Å²) < 4.78 is 9.57. The average molecular weight is 286 g/mol. The van der Waals surface area contributed by atoms with Crippen LogP contribution in [0.3, 0.4) is 0 Å². The quantitative estimate of drug-likeness (QED) is 0.424. The molecular weight excluding hydrogens is 260 g/mol. The van der Waals surface area contributed by atoms with Crippen molar-refractivity contribution >= 4 is 12.2 Å². The lowest BCUT2D eigenvalue weighted by molar-refractivity contribution is 0.143. The molecule has 2 amide bonds. The molecule has 0 aliphatic rings. The summed E-state index contributed by atoms with van der Waals surface area (Å²) in [6.07, 6.45) is 6.48. The van der Waals surface area contributed by atoms with E-state index in [9.17, 15) is 9.59 Å². The van der Waals surface area contributed by atoms with Gasteiger partial charge in [0.05, 0.1) is 13.2 Å². The molecule has 0 radical (unpaired) electrons. The van der Waals surface area contributed by atoms with Crippen molar-refractivity contribution in [2.24, 2.45) is 10.2 Å². The van der Waals surface area contributed by atoms with Gasteiger partial charge in [0.25, 0.3) is 0 Å². The summed E-state index contributed by atoms with van der Waals surface area (Å²) in [5.74, 6) is 0. The Bertz CT molecular complexity index is 293. The topological polar surface area (TPSA) is 77.3 Å². The lowest BCUT2D eigenvalue weighted by atomic mass is 10.2. The summed E-state index contributed by atoms with van der Waals surface area (Å²) in [7, 11) is 0. The first kappa shape index (κ1) is 18.5. The molecule has 0 aromatic carbocycles. The number of ether oxygens (including phenoxy) is 2. The van der Waals surface area contributed by atoms with E-state index in [2.05, 4.69) is 24.1 Å². The van der Waals surface area contributed by atoms with Crippen LogP contribution >= 0.6 is 0 Å². The number of carbonyl (C=O) groups excluding carboxylic acids is 2. The number of unbranched alkanes of at least 4 members (excludes halogenated alkanes) is 6. The second-order valence-electron chi connectivity index (χ2n) is 4.55. The van der Waals surface area contributed by atoms with Crippen molar-refractivity contribution in [1.82, 2.24) is 0 Å². The Morgan fingerprint density at radius 1 is 0.700 bits per heavy atom. The number of rotatable bonds is 10. The number of hydrogen-bond acceptors (Lipinski definition) is 4. The van der Waals surface area contributed by atoms with Crippen molar-refractivity contribution in [1.29, 1.82) is 0 Å². The Morgan fingerprint density at radius 3 is 1.60 bits per heavy atom. The summed E-state index contributed by atoms with van der Waals surface area (Å²) in [6.45, 7) is 4.81. The molecule has 20 heavy (non-hydrogen) atoms. The van der Waals surface area contributed by atoms with E-state index in [0.29, 0.717) is 13.2 Å². The summed E-state index contributed by atoms with van der Waals surface area (Å²) >= 11 is 0. The van der Waals surface area contributed by atoms with Crippen molar-refractivity contribution in [2.45, 2.75) is 65.2 Å². The van der Waals surface area contributed by atoms with Crippen LogP contribution in [0.25, 0.3) is 0 Å². The first-order valence-electron chi connectivity index (χ1n) is 7.46. The van der Waals surface area contributed by atoms with Crippen LogP contribution in [0.5, 0.6) is 0 Å². The number of amides is 2. The zero-order valence-electron chi connectivity index (χ0n) is 12.6. The molecule has 0 aliphatic carbocycles. The van der Waals surface area contributed by atoms with Gasteiger partial charge < -0.3 is 9.47 Å². The Labute approximate surface area is 120 Å². The van der Waals surface area contributed by atoms with E-state index in [0.717, 1.165) is 38.5 Å². The van der Waals surface area contributed by atoms with Crippen LogP contribution in [0.1, 0.15) is 65.2 Å². The van der Waals surface area contributed by atoms with E-state index in [-0.39, 0.29) is 0 Å². The highest BCUT2D eigenvalue weighted by molar-refractivity contribution is 5.73. The highest BCUT2D eigenvalue weighted by Crippen LogP contribution is 2.03. The van der Waals surface area contributed by atoms with Crippen LogP contribution in [0, 0.1) is 0 Å². The van der Waals surface area contributed by atoms with E-state index in [4.69, 9.17) is 9.47 Å². The third kappa shape index (κ3) is 13.0. The molecule has 0 heterocycles. The van der Waals surface area contributed by atoms with Gasteiger partial charge in [-0.05, 0) is 12.8 Å². The normalized spacial score (nSPS) is 10.7. The van der Waals surface area contributed by atoms with Crippen LogP contribution < -0.4 is 0 Å². The summed E-state index contributed by atoms with van der Waals surface area (Å²) in [4.78, 5) is 22.2. The van der Waals surface area contributed by atoms with Gasteiger partial charge in [0, 0.05) is 0 Å². The predicted octanol–water partition coefficient (Wildman–Crippen LogP) is 4.87. The first-order chi connectivity index (χ1) is 9.70. The van der Waals surface area contributed by atoms with E-state index in [1.54, 1.807) is 0 Å². The van der Waals surface area contributed by atoms with Gasteiger partial charge in [-0.15, -0.1) is 0 Å². The molecule has 6 nitrogen and oxygen atoms in total. The molecule has 0 bridgehead atoms. The number of carbonyl (C=O) groups is 2. The Balaban J connectivity index is 3.53. The maximum atomic E-state index is 11.1. The molecular formula is C14H26N2O4. The zero-order chi connectivity index (χ0) is 15.1. The molecule has 0 fully saturated rings. The van der Waals surface area contributed by atoms with Gasteiger partial charge in [-0.2, -0.15) is 0 Å². The van der Waals surface area contributed by atoms with E-state index < -0.39 is 12.2 Å². The molecule has 0 atom stereocenters. The Morgan fingerprint density at radius 2 is 1.10 bits per heavy atom. The van der Waals surface area contributed by atoms with Crippen LogP contribution in [0.2, 0.25) is 0 Å². The molecule has 6 heteroatoms. The molecule has 116 valence electrons. The van der Waals surface area contributed by atoms with Crippen molar-refractivity contribution in [3.05, 3.63) is 0 Å². The highest BCUT2D eigenvalue weighted by Gasteiger charge is 2.03. The second-order valence-corrected chi connectivity index (χ2v) is 4.55. The van der Waals surface area contributed by atoms with Crippen LogP contribution in [-0.4, -0.2) is 25.4 Å². The zero-order valence-corrected chi connectivity index (χ0v) is 12.6. The minimum atomic E-state index is -0.846. The minimum absolute atomic E-state index is 0.304. The van der Waals surface area contributed by atoms with Gasteiger partial charge in [-0.25, -0.2) is 9.59 Å². The second kappa shape index (κ2) is 14.0. The molecule has 0 aromatic heterocycles. The molecule has 0 spiro atoms. The first-order valence-corrected chi connectivity index (χ1v) is 7.46. The lowest BCUT2D eigenvalue weighted by Gasteiger charge is -2.01. The third-order valence-electron chi connectivity index (χ3n) is 2.66. The fourth-order valence-corrected chi connectivity index (χ4v) is 1.52. The average Bonchev–Trinajstić information content (AvgIpc) is 2.45. The van der Waals surface area contributed by atoms with Crippen LogP contribution in [0.4, 0.5) is 9.59 Å².